The first-order chi connectivity index (χ1) is 37.1. The molecule has 0 spiro atoms. The molecule has 0 N–H and O–H groups in total. The smallest absolute Gasteiger partial charge is 0.243 e. The molecule has 13 rings (SSSR count). The summed E-state index contributed by atoms with van der Waals surface area (Å²) < 4.78 is 25.1. The van der Waals surface area contributed by atoms with Crippen LogP contribution < -0.4 is 26.0 Å². The highest BCUT2D eigenvalue weighted by Crippen LogP contribution is 2.53. The van der Waals surface area contributed by atoms with Crippen LogP contribution in [0.1, 0.15) is 33.4 Å². The zero-order valence-corrected chi connectivity index (χ0v) is 43.7. The minimum atomic E-state index is -0.336. The van der Waals surface area contributed by atoms with Crippen molar-refractivity contribution >= 4 is 72.5 Å². The number of hydrogen-bond donors (Lipinski definition) is 0. The van der Waals surface area contributed by atoms with Gasteiger partial charge in [0.15, 0.2) is 0 Å². The number of benzene rings is 12. The number of aryl methyl sites for hydroxylation is 6. The second-order valence-electron chi connectivity index (χ2n) is 20.9. The van der Waals surface area contributed by atoms with Crippen LogP contribution in [0.5, 0.6) is 11.5 Å². The van der Waals surface area contributed by atoms with Gasteiger partial charge in [0.2, 0.25) is 6.71 Å². The van der Waals surface area contributed by atoms with E-state index in [9.17, 15) is 0 Å². The van der Waals surface area contributed by atoms with Crippen molar-refractivity contribution in [2.45, 2.75) is 41.5 Å². The van der Waals surface area contributed by atoms with Crippen LogP contribution in [0.4, 0.5) is 21.5 Å². The lowest BCUT2D eigenvalue weighted by Gasteiger charge is -2.32. The Labute approximate surface area is 445 Å². The van der Waals surface area contributed by atoms with Gasteiger partial charge in [-0.1, -0.05) is 226 Å². The monoisotopic (exact) mass is 979 g/mol. The van der Waals surface area contributed by atoms with Crippen LogP contribution in [0.2, 0.25) is 0 Å². The largest absolute Gasteiger partial charge is 0.456 e. The molecule has 0 saturated heterocycles. The molecule has 0 amide bonds. The average Bonchev–Trinajstić information content (AvgIpc) is 3.48. The van der Waals surface area contributed by atoms with Gasteiger partial charge in [-0.3, -0.25) is 0 Å². The van der Waals surface area contributed by atoms with Gasteiger partial charge in [0, 0.05) is 28.1 Å². The molecule has 1 aliphatic rings. The van der Waals surface area contributed by atoms with E-state index < -0.39 is 0 Å². The zero-order valence-electron chi connectivity index (χ0n) is 43.7. The van der Waals surface area contributed by atoms with E-state index in [-0.39, 0.29) is 12.5 Å². The average molecular weight is 980 g/mol. The fraction of sp³-hybridized carbons (Fsp3) is 0.0833. The lowest BCUT2D eigenvalue weighted by molar-refractivity contribution is 0.487. The van der Waals surface area contributed by atoms with Gasteiger partial charge in [-0.2, -0.15) is 0 Å². The number of hydrogen-bond acceptors (Lipinski definition) is 2. The number of nitrogens with zero attached hydrogens (tertiary/aromatic N) is 1. The minimum Gasteiger partial charge on any atom is -0.456 e. The van der Waals surface area contributed by atoms with Crippen molar-refractivity contribution in [2.24, 2.45) is 0 Å². The highest BCUT2D eigenvalue weighted by atomic mass is 19.1. The summed E-state index contributed by atoms with van der Waals surface area (Å²) in [5.74, 6) is 1.16. The summed E-state index contributed by atoms with van der Waals surface area (Å²) in [5, 5.41) is 7.07. The molecule has 0 radical (unpaired) electrons. The first kappa shape index (κ1) is 46.8. The maximum absolute atomic E-state index is 17.9. The van der Waals surface area contributed by atoms with Crippen molar-refractivity contribution < 1.29 is 9.13 Å². The molecule has 0 aliphatic carbocycles. The number of fused-ring (bicyclic) bond motifs is 6. The van der Waals surface area contributed by atoms with Crippen molar-refractivity contribution in [2.75, 3.05) is 4.90 Å². The molecule has 1 heterocycles. The third-order valence-corrected chi connectivity index (χ3v) is 15.8. The molecule has 0 unspecified atom stereocenters. The molecule has 2 nitrogen and oxygen atoms in total. The first-order valence-corrected chi connectivity index (χ1v) is 26.4. The van der Waals surface area contributed by atoms with Crippen molar-refractivity contribution in [1.29, 1.82) is 0 Å². The number of para-hydroxylation sites is 1. The molecule has 4 heteroatoms. The van der Waals surface area contributed by atoms with Gasteiger partial charge < -0.3 is 9.64 Å². The third kappa shape index (κ3) is 7.87. The maximum Gasteiger partial charge on any atom is 0.243 e. The number of rotatable bonds is 9. The summed E-state index contributed by atoms with van der Waals surface area (Å²) in [7, 11) is 0. The van der Waals surface area contributed by atoms with Gasteiger partial charge in [-0.15, -0.1) is 0 Å². The Kier molecular flexibility index (Phi) is 11.5. The lowest BCUT2D eigenvalue weighted by atomic mass is 9.33. The number of halogens is 1. The summed E-state index contributed by atoms with van der Waals surface area (Å²) in [4.78, 5) is 2.09. The predicted molar refractivity (Wildman–Crippen MR) is 321 cm³/mol. The van der Waals surface area contributed by atoms with E-state index >= 15 is 4.39 Å². The summed E-state index contributed by atoms with van der Waals surface area (Å²) in [6, 6.07) is 78.9. The van der Waals surface area contributed by atoms with E-state index in [4.69, 9.17) is 4.74 Å². The first-order valence-electron chi connectivity index (χ1n) is 26.4. The quantitative estimate of drug-likeness (QED) is 0.106. The molecule has 12 aromatic rings. The van der Waals surface area contributed by atoms with Gasteiger partial charge in [0.25, 0.3) is 0 Å². The Morgan fingerprint density at radius 2 is 0.908 bits per heavy atom. The van der Waals surface area contributed by atoms with Crippen molar-refractivity contribution in [1.82, 2.24) is 0 Å². The summed E-state index contributed by atoms with van der Waals surface area (Å²) in [6.07, 6.45) is 0. The predicted octanol–water partition coefficient (Wildman–Crippen LogP) is 17.9. The van der Waals surface area contributed by atoms with Gasteiger partial charge >= 0.3 is 0 Å². The van der Waals surface area contributed by atoms with Crippen LogP contribution in [0, 0.1) is 47.4 Å². The second-order valence-corrected chi connectivity index (χ2v) is 20.9. The molecule has 364 valence electrons. The minimum absolute atomic E-state index is 0.00605. The SMILES string of the molecule is Cc1cc(C)c(B(c2c(C)cc(C)cc2C)c2cc3c4cccc5c4c(cc3c3ccccc23)-c2ccc(N(c3ccccc3-c3ccccc3)c3c(F)cc(-c4ccccc4)cc3-c3ccccc3)cc2O5)c(C)c1. The van der Waals surface area contributed by atoms with Crippen molar-refractivity contribution in [3.63, 3.8) is 0 Å². The number of ether oxygens (including phenoxy) is 1. The normalized spacial score (nSPS) is 11.7. The Morgan fingerprint density at radius 1 is 0.368 bits per heavy atom. The maximum atomic E-state index is 17.9. The van der Waals surface area contributed by atoms with Crippen LogP contribution in [0.3, 0.4) is 0 Å². The molecule has 0 bridgehead atoms. The van der Waals surface area contributed by atoms with E-state index in [0.717, 1.165) is 72.4 Å². The standard InChI is InChI=1S/C72H55BFNO/c1-44-35-46(3)70(47(4)36-44)73(71-48(5)37-45(2)38-49(71)6)64-43-62-59-30-20-32-67-69(59)63(42-61(62)56-28-16-17-29-57(56)64)58-34-33-54(41-68(58)76-67)75(66-31-19-18-27-55(66)51-23-12-8-13-24-51)72-60(52-25-14-9-15-26-52)39-53(40-65(72)74)50-21-10-7-11-22-50/h7-43H,1-6H3. The summed E-state index contributed by atoms with van der Waals surface area (Å²) in [6.45, 7) is 13.5. The lowest BCUT2D eigenvalue weighted by Crippen LogP contribution is -2.56. The Bertz CT molecular complexity index is 4180. The molecule has 0 atom stereocenters. The number of anilines is 3. The summed E-state index contributed by atoms with van der Waals surface area (Å²) in [5.41, 5.74) is 21.4. The fourth-order valence-electron chi connectivity index (χ4n) is 12.8. The van der Waals surface area contributed by atoms with Gasteiger partial charge in [-0.05, 0) is 139 Å². The molecule has 12 aromatic carbocycles. The molecular formula is C72H55BFNO. The van der Waals surface area contributed by atoms with Crippen molar-refractivity contribution in [3.05, 3.63) is 264 Å². The third-order valence-electron chi connectivity index (χ3n) is 15.8. The fourth-order valence-corrected chi connectivity index (χ4v) is 12.8. The van der Waals surface area contributed by atoms with Crippen LogP contribution >= 0.6 is 0 Å². The van der Waals surface area contributed by atoms with Crippen LogP contribution in [-0.4, -0.2) is 6.71 Å². The molecule has 0 aromatic heterocycles. The molecule has 0 fully saturated rings. The topological polar surface area (TPSA) is 12.5 Å². The molecule has 76 heavy (non-hydrogen) atoms. The molecule has 0 saturated carbocycles. The van der Waals surface area contributed by atoms with Gasteiger partial charge in [0.05, 0.1) is 17.1 Å². The highest BCUT2D eigenvalue weighted by molar-refractivity contribution is 6.98. The Hall–Kier alpha value is -8.99. The van der Waals surface area contributed by atoms with E-state index in [0.29, 0.717) is 11.4 Å². The van der Waals surface area contributed by atoms with Crippen LogP contribution in [-0.2, 0) is 0 Å². The van der Waals surface area contributed by atoms with Crippen LogP contribution in [0.15, 0.2) is 224 Å². The molecular weight excluding hydrogens is 925 g/mol. The molecule has 1 aliphatic heterocycles. The van der Waals surface area contributed by atoms with E-state index in [1.54, 1.807) is 6.07 Å². The second kappa shape index (κ2) is 18.7. The van der Waals surface area contributed by atoms with E-state index in [2.05, 4.69) is 204 Å². The van der Waals surface area contributed by atoms with Gasteiger partial charge in [-0.25, -0.2) is 4.39 Å². The van der Waals surface area contributed by atoms with E-state index in [1.165, 1.54) is 71.3 Å². The highest BCUT2D eigenvalue weighted by Gasteiger charge is 2.33. The summed E-state index contributed by atoms with van der Waals surface area (Å²) >= 11 is 0. The van der Waals surface area contributed by atoms with Crippen molar-refractivity contribution in [3.8, 4) is 56.0 Å². The van der Waals surface area contributed by atoms with E-state index in [1.807, 2.05) is 60.7 Å². The Morgan fingerprint density at radius 3 is 1.55 bits per heavy atom. The van der Waals surface area contributed by atoms with Crippen LogP contribution in [0.25, 0.3) is 76.8 Å². The zero-order chi connectivity index (χ0) is 51.8. The Balaban J connectivity index is 1.05. The van der Waals surface area contributed by atoms with Gasteiger partial charge in [0.1, 0.15) is 17.3 Å².